The number of anilines is 2. The summed E-state index contributed by atoms with van der Waals surface area (Å²) in [5.41, 5.74) is 0.0595. The molecule has 0 radical (unpaired) electrons. The molecule has 0 aliphatic rings. The second kappa shape index (κ2) is 11.3. The molecule has 38 heavy (non-hydrogen) atoms. The van der Waals surface area contributed by atoms with Crippen molar-refractivity contribution in [3.05, 3.63) is 54.1 Å². The van der Waals surface area contributed by atoms with Gasteiger partial charge in [0.1, 0.15) is 11.5 Å². The summed E-state index contributed by atoms with van der Waals surface area (Å²) in [7, 11) is 0. The molecule has 2 aromatic carbocycles. The van der Waals surface area contributed by atoms with Crippen LogP contribution in [0.25, 0.3) is 0 Å². The average molecular weight is 556 g/mol. The molecule has 0 bridgehead atoms. The number of ether oxygens (including phenoxy) is 3. The molecule has 0 aliphatic heterocycles. The molecule has 3 rings (SSSR count). The van der Waals surface area contributed by atoms with Gasteiger partial charge in [0.2, 0.25) is 5.95 Å². The number of halogens is 9. The lowest BCUT2D eigenvalue weighted by molar-refractivity contribution is -0.275. The minimum Gasteiger partial charge on any atom is -0.454 e. The molecule has 0 atom stereocenters. The molecule has 0 spiro atoms. The van der Waals surface area contributed by atoms with Gasteiger partial charge in [-0.25, -0.2) is 0 Å². The van der Waals surface area contributed by atoms with Gasteiger partial charge in [-0.05, 0) is 30.3 Å². The Balaban J connectivity index is 1.81. The maximum atomic E-state index is 12.6. The van der Waals surface area contributed by atoms with Gasteiger partial charge in [-0.1, -0.05) is 18.2 Å². The van der Waals surface area contributed by atoms with Crippen molar-refractivity contribution in [2.45, 2.75) is 25.4 Å². The Labute approximate surface area is 206 Å². The van der Waals surface area contributed by atoms with Crippen molar-refractivity contribution in [3.8, 4) is 17.5 Å². The predicted molar refractivity (Wildman–Crippen MR) is 109 cm³/mol. The lowest BCUT2D eigenvalue weighted by Crippen LogP contribution is -2.20. The van der Waals surface area contributed by atoms with Gasteiger partial charge in [0.25, 0.3) is 5.95 Å². The quantitative estimate of drug-likeness (QED) is 0.233. The Kier molecular flexibility index (Phi) is 8.42. The number of hydrogen-bond acceptors (Lipinski definition) is 9. The highest BCUT2D eigenvalue weighted by Crippen LogP contribution is 2.28. The molecule has 0 saturated heterocycles. The zero-order chi connectivity index (χ0) is 28.0. The van der Waals surface area contributed by atoms with E-state index in [9.17, 15) is 39.5 Å². The molecule has 3 aromatic rings. The zero-order valence-corrected chi connectivity index (χ0v) is 18.4. The van der Waals surface area contributed by atoms with Gasteiger partial charge in [-0.3, -0.25) is 0 Å². The van der Waals surface area contributed by atoms with E-state index in [1.54, 1.807) is 0 Å². The van der Waals surface area contributed by atoms with Crippen LogP contribution in [-0.2, 0) is 6.54 Å². The van der Waals surface area contributed by atoms with E-state index in [-0.39, 0.29) is 11.3 Å². The van der Waals surface area contributed by atoms with E-state index >= 15 is 0 Å². The Bertz CT molecular complexity index is 1250. The van der Waals surface area contributed by atoms with Crippen LogP contribution in [0.1, 0.15) is 5.56 Å². The summed E-state index contributed by atoms with van der Waals surface area (Å²) >= 11 is 0. The van der Waals surface area contributed by atoms with Crippen LogP contribution in [0.15, 0.2) is 58.8 Å². The number of nitrogens with zero attached hydrogens (tertiary/aromatic N) is 5. The molecular weight excluding hydrogens is 543 g/mol. The van der Waals surface area contributed by atoms with Crippen molar-refractivity contribution >= 4 is 17.6 Å². The third-order valence-corrected chi connectivity index (χ3v) is 3.91. The Morgan fingerprint density at radius 3 is 2.05 bits per heavy atom. The summed E-state index contributed by atoms with van der Waals surface area (Å²) in [5.74, 6) is -2.12. The van der Waals surface area contributed by atoms with Crippen LogP contribution in [0, 0.1) is 0 Å². The van der Waals surface area contributed by atoms with Gasteiger partial charge < -0.3 is 19.5 Å². The number of nitrogens with one attached hydrogen (secondary N) is 1. The van der Waals surface area contributed by atoms with Crippen LogP contribution in [0.5, 0.6) is 17.5 Å². The van der Waals surface area contributed by atoms with Gasteiger partial charge in [0.15, 0.2) is 6.61 Å². The van der Waals surface area contributed by atoms with E-state index in [2.05, 4.69) is 44.7 Å². The Morgan fingerprint density at radius 1 is 0.763 bits per heavy atom. The van der Waals surface area contributed by atoms with Crippen LogP contribution in [0.4, 0.5) is 57.1 Å². The monoisotopic (exact) mass is 556 g/mol. The van der Waals surface area contributed by atoms with E-state index in [4.69, 9.17) is 0 Å². The first-order valence-corrected chi connectivity index (χ1v) is 9.95. The van der Waals surface area contributed by atoms with Crippen LogP contribution in [0.3, 0.4) is 0 Å². The third-order valence-electron chi connectivity index (χ3n) is 3.91. The number of para-hydroxylation sites is 1. The van der Waals surface area contributed by atoms with Gasteiger partial charge in [0, 0.05) is 11.3 Å². The molecule has 9 nitrogen and oxygen atoms in total. The first kappa shape index (κ1) is 28.2. The molecule has 204 valence electrons. The Morgan fingerprint density at radius 2 is 1.42 bits per heavy atom. The van der Waals surface area contributed by atoms with Gasteiger partial charge >= 0.3 is 24.9 Å². The highest BCUT2D eigenvalue weighted by Gasteiger charge is 2.32. The van der Waals surface area contributed by atoms with Crippen molar-refractivity contribution in [3.63, 3.8) is 0 Å². The van der Waals surface area contributed by atoms with E-state index in [0.717, 1.165) is 30.3 Å². The van der Waals surface area contributed by atoms with Crippen LogP contribution < -0.4 is 19.5 Å². The van der Waals surface area contributed by atoms with E-state index in [1.807, 2.05) is 0 Å². The molecule has 1 N–H and O–H groups in total. The minimum atomic E-state index is -4.97. The van der Waals surface area contributed by atoms with Crippen molar-refractivity contribution in [1.82, 2.24) is 15.0 Å². The summed E-state index contributed by atoms with van der Waals surface area (Å²) in [4.78, 5) is 11.0. The topological polar surface area (TPSA) is 103 Å². The van der Waals surface area contributed by atoms with Crippen molar-refractivity contribution in [1.29, 1.82) is 0 Å². The summed E-state index contributed by atoms with van der Waals surface area (Å²) in [6, 6.07) is 8.30. The van der Waals surface area contributed by atoms with E-state index in [0.29, 0.717) is 0 Å². The molecule has 0 amide bonds. The fourth-order valence-electron chi connectivity index (χ4n) is 2.56. The normalized spacial score (nSPS) is 12.4. The fourth-order valence-corrected chi connectivity index (χ4v) is 2.56. The molecule has 1 heterocycles. The summed E-state index contributed by atoms with van der Waals surface area (Å²) in [6.07, 6.45) is -14.6. The summed E-state index contributed by atoms with van der Waals surface area (Å²) < 4.78 is 124. The zero-order valence-electron chi connectivity index (χ0n) is 18.4. The molecule has 0 aliphatic carbocycles. The number of azo groups is 1. The Hall–Kier alpha value is -4.38. The maximum Gasteiger partial charge on any atom is 0.573 e. The number of hydrogen-bond donors (Lipinski definition) is 1. The average Bonchev–Trinajstić information content (AvgIpc) is 2.78. The SMILES string of the molecule is FC(F)(F)COc1nc(N=NCc2ccccc2OC(F)(F)F)nc(Nc2ccc(OC(F)(F)F)cc2)n1. The van der Waals surface area contributed by atoms with Gasteiger partial charge in [-0.15, -0.1) is 31.5 Å². The smallest absolute Gasteiger partial charge is 0.454 e. The second-order valence-electron chi connectivity index (χ2n) is 6.90. The number of benzene rings is 2. The molecule has 0 unspecified atom stereocenters. The number of aromatic nitrogens is 3. The van der Waals surface area contributed by atoms with Gasteiger partial charge in [0.05, 0.1) is 6.54 Å². The largest absolute Gasteiger partial charge is 0.573 e. The fraction of sp³-hybridized carbons (Fsp3) is 0.250. The second-order valence-corrected chi connectivity index (χ2v) is 6.90. The van der Waals surface area contributed by atoms with Crippen LogP contribution in [0.2, 0.25) is 0 Å². The molecule has 18 heteroatoms. The molecular formula is C20H13F9N6O3. The lowest BCUT2D eigenvalue weighted by Gasteiger charge is -2.11. The van der Waals surface area contributed by atoms with E-state index in [1.165, 1.54) is 18.2 Å². The van der Waals surface area contributed by atoms with Gasteiger partial charge in [-0.2, -0.15) is 33.2 Å². The molecule has 0 saturated carbocycles. The number of rotatable bonds is 9. The first-order valence-electron chi connectivity index (χ1n) is 9.95. The highest BCUT2D eigenvalue weighted by molar-refractivity contribution is 5.55. The van der Waals surface area contributed by atoms with Crippen molar-refractivity contribution in [2.24, 2.45) is 10.2 Å². The third kappa shape index (κ3) is 9.94. The molecule has 0 fully saturated rings. The predicted octanol–water partition coefficient (Wildman–Crippen LogP) is 6.64. The first-order chi connectivity index (χ1) is 17.7. The summed E-state index contributed by atoms with van der Waals surface area (Å²) in [6.45, 7) is -2.24. The van der Waals surface area contributed by atoms with Crippen LogP contribution in [-0.4, -0.2) is 40.5 Å². The minimum absolute atomic E-state index is 0.0318. The maximum absolute atomic E-state index is 12.6. The van der Waals surface area contributed by atoms with Crippen LogP contribution >= 0.6 is 0 Å². The van der Waals surface area contributed by atoms with Crippen molar-refractivity contribution in [2.75, 3.05) is 11.9 Å². The standard InChI is InChI=1S/C20H13F9N6O3/c21-18(22,23)10-36-17-33-15(31-12-5-7-13(8-6-12)37-19(24,25)26)32-16(34-17)35-30-9-11-3-1-2-4-14(11)38-20(27,28)29/h1-8H,9-10H2,(H,31,32,33,34). The lowest BCUT2D eigenvalue weighted by atomic mass is 10.2. The number of alkyl halides is 9. The van der Waals surface area contributed by atoms with Crippen molar-refractivity contribution < 1.29 is 53.7 Å². The molecule has 1 aromatic heterocycles. The van der Waals surface area contributed by atoms with E-state index < -0.39 is 61.5 Å². The summed E-state index contributed by atoms with van der Waals surface area (Å²) in [5, 5.41) is 9.73. The highest BCUT2D eigenvalue weighted by atomic mass is 19.4.